The number of amides is 2. The van der Waals surface area contributed by atoms with Crippen molar-refractivity contribution in [2.75, 3.05) is 36.4 Å². The lowest BCUT2D eigenvalue weighted by Gasteiger charge is -2.26. The van der Waals surface area contributed by atoms with E-state index in [4.69, 9.17) is 9.15 Å². The first-order chi connectivity index (χ1) is 17.9. The molecule has 1 aromatic carbocycles. The van der Waals surface area contributed by atoms with Crippen LogP contribution in [-0.4, -0.2) is 58.6 Å². The van der Waals surface area contributed by atoms with Crippen molar-refractivity contribution in [3.63, 3.8) is 0 Å². The van der Waals surface area contributed by atoms with E-state index >= 15 is 0 Å². The van der Waals surface area contributed by atoms with Crippen molar-refractivity contribution in [3.05, 3.63) is 60.1 Å². The average Bonchev–Trinajstić information content (AvgIpc) is 3.17. The molecule has 38 heavy (non-hydrogen) atoms. The van der Waals surface area contributed by atoms with Crippen LogP contribution in [0.5, 0.6) is 0 Å². The van der Waals surface area contributed by atoms with Crippen LogP contribution in [0.2, 0.25) is 0 Å². The van der Waals surface area contributed by atoms with Crippen molar-refractivity contribution in [1.82, 2.24) is 14.9 Å². The molecule has 202 valence electrons. The number of halogens is 3. The number of nitrogens with one attached hydrogen (secondary N) is 1. The minimum Gasteiger partial charge on any atom is -0.444 e. The van der Waals surface area contributed by atoms with Gasteiger partial charge in [-0.2, -0.15) is 13.2 Å². The summed E-state index contributed by atoms with van der Waals surface area (Å²) in [4.78, 5) is 36.9. The van der Waals surface area contributed by atoms with Crippen molar-refractivity contribution in [3.8, 4) is 11.5 Å². The predicted octanol–water partition coefficient (Wildman–Crippen LogP) is 5.45. The number of anilines is 2. The monoisotopic (exact) mass is 531 g/mol. The zero-order valence-electron chi connectivity index (χ0n) is 21.2. The van der Waals surface area contributed by atoms with Crippen LogP contribution in [0, 0.1) is 0 Å². The normalized spacial score (nSPS) is 14.7. The average molecular weight is 532 g/mol. The Balaban J connectivity index is 1.43. The Labute approximate surface area is 217 Å². The number of alkyl halides is 3. The second-order valence-electron chi connectivity index (χ2n) is 9.73. The molecule has 3 heterocycles. The van der Waals surface area contributed by atoms with Crippen LogP contribution in [0.1, 0.15) is 43.4 Å². The molecule has 2 aromatic heterocycles. The lowest BCUT2D eigenvalue weighted by molar-refractivity contribution is -0.153. The molecule has 9 nitrogen and oxygen atoms in total. The van der Waals surface area contributed by atoms with Crippen LogP contribution in [0.15, 0.2) is 53.1 Å². The molecular weight excluding hydrogens is 503 g/mol. The standard InChI is InChI=1S/C26H28F3N5O4/c1-25(2,3)38-24(36)34-13-7-12-33(14-15-34)19-11-10-18(16-30-19)31-22(35)20-21(26(27,28)29)37-23(32-20)17-8-5-4-6-9-17/h4-6,8-11,16H,7,12-15H2,1-3H3,(H,31,35). The summed E-state index contributed by atoms with van der Waals surface area (Å²) in [5.74, 6) is -2.24. The molecule has 0 radical (unpaired) electrons. The third-order valence-electron chi connectivity index (χ3n) is 5.60. The number of oxazole rings is 1. The molecule has 1 N–H and O–H groups in total. The van der Waals surface area contributed by atoms with E-state index in [1.165, 1.54) is 18.3 Å². The number of benzene rings is 1. The highest BCUT2D eigenvalue weighted by Crippen LogP contribution is 2.35. The van der Waals surface area contributed by atoms with Crippen LogP contribution in [0.25, 0.3) is 11.5 Å². The number of ether oxygens (including phenoxy) is 1. The fraction of sp³-hybridized carbons (Fsp3) is 0.385. The van der Waals surface area contributed by atoms with Crippen molar-refractivity contribution in [2.24, 2.45) is 0 Å². The Bertz CT molecular complexity index is 1270. The molecule has 0 unspecified atom stereocenters. The van der Waals surface area contributed by atoms with Gasteiger partial charge in [-0.1, -0.05) is 18.2 Å². The van der Waals surface area contributed by atoms with Crippen LogP contribution in [0.3, 0.4) is 0 Å². The molecule has 0 aliphatic carbocycles. The number of rotatable bonds is 4. The molecule has 0 bridgehead atoms. The molecule has 0 spiro atoms. The molecule has 3 aromatic rings. The number of nitrogens with zero attached hydrogens (tertiary/aromatic N) is 4. The Morgan fingerprint density at radius 2 is 1.74 bits per heavy atom. The summed E-state index contributed by atoms with van der Waals surface area (Å²) in [6.07, 6.45) is -3.22. The zero-order valence-corrected chi connectivity index (χ0v) is 21.2. The fourth-order valence-electron chi connectivity index (χ4n) is 3.86. The van der Waals surface area contributed by atoms with Crippen molar-refractivity contribution in [1.29, 1.82) is 0 Å². The zero-order chi connectivity index (χ0) is 27.5. The van der Waals surface area contributed by atoms with E-state index in [2.05, 4.69) is 15.3 Å². The lowest BCUT2D eigenvalue weighted by atomic mass is 10.2. The van der Waals surface area contributed by atoms with Crippen molar-refractivity contribution in [2.45, 2.75) is 39.0 Å². The minimum atomic E-state index is -4.91. The number of hydrogen-bond acceptors (Lipinski definition) is 7. The van der Waals surface area contributed by atoms with Gasteiger partial charge >= 0.3 is 12.3 Å². The van der Waals surface area contributed by atoms with Gasteiger partial charge in [0.15, 0.2) is 5.69 Å². The smallest absolute Gasteiger partial charge is 0.444 e. The maximum absolute atomic E-state index is 13.6. The molecule has 12 heteroatoms. The minimum absolute atomic E-state index is 0.196. The molecule has 1 fully saturated rings. The summed E-state index contributed by atoms with van der Waals surface area (Å²) in [5, 5.41) is 2.41. The van der Waals surface area contributed by atoms with E-state index in [0.717, 1.165) is 0 Å². The summed E-state index contributed by atoms with van der Waals surface area (Å²) in [6.45, 7) is 7.60. The van der Waals surface area contributed by atoms with E-state index < -0.39 is 29.1 Å². The molecule has 0 atom stereocenters. The van der Waals surface area contributed by atoms with E-state index in [1.807, 2.05) is 25.7 Å². The fourth-order valence-corrected chi connectivity index (χ4v) is 3.86. The van der Waals surface area contributed by atoms with Gasteiger partial charge in [0.05, 0.1) is 11.9 Å². The van der Waals surface area contributed by atoms with Crippen molar-refractivity contribution < 1.29 is 31.9 Å². The van der Waals surface area contributed by atoms with Crippen LogP contribution >= 0.6 is 0 Å². The van der Waals surface area contributed by atoms with Gasteiger partial charge in [-0.15, -0.1) is 0 Å². The second kappa shape index (κ2) is 10.7. The van der Waals surface area contributed by atoms with Gasteiger partial charge in [-0.3, -0.25) is 4.79 Å². The van der Waals surface area contributed by atoms with E-state index in [1.54, 1.807) is 35.2 Å². The number of pyridine rings is 1. The van der Waals surface area contributed by atoms with Gasteiger partial charge in [-0.25, -0.2) is 14.8 Å². The highest BCUT2D eigenvalue weighted by atomic mass is 19.4. The van der Waals surface area contributed by atoms with Gasteiger partial charge in [-0.05, 0) is 51.5 Å². The Morgan fingerprint density at radius 1 is 1.00 bits per heavy atom. The second-order valence-corrected chi connectivity index (χ2v) is 9.73. The number of carbonyl (C=O) groups excluding carboxylic acids is 2. The highest BCUT2D eigenvalue weighted by Gasteiger charge is 2.42. The van der Waals surface area contributed by atoms with Gasteiger partial charge in [0.1, 0.15) is 11.4 Å². The van der Waals surface area contributed by atoms with E-state index in [9.17, 15) is 22.8 Å². The molecular formula is C26H28F3N5O4. The third-order valence-corrected chi connectivity index (χ3v) is 5.60. The molecule has 2 amide bonds. The van der Waals surface area contributed by atoms with E-state index in [0.29, 0.717) is 44.0 Å². The maximum Gasteiger partial charge on any atom is 0.452 e. The molecule has 1 aliphatic heterocycles. The Kier molecular flexibility index (Phi) is 7.61. The summed E-state index contributed by atoms with van der Waals surface area (Å²) in [5.41, 5.74) is -0.941. The first-order valence-electron chi connectivity index (χ1n) is 12.0. The lowest BCUT2D eigenvalue weighted by Crippen LogP contribution is -2.39. The van der Waals surface area contributed by atoms with E-state index in [-0.39, 0.29) is 17.7 Å². The molecule has 1 aliphatic rings. The Hall–Kier alpha value is -4.09. The number of hydrogen-bond donors (Lipinski definition) is 1. The summed E-state index contributed by atoms with van der Waals surface area (Å²) in [6, 6.07) is 11.2. The van der Waals surface area contributed by atoms with Crippen LogP contribution < -0.4 is 10.2 Å². The maximum atomic E-state index is 13.6. The largest absolute Gasteiger partial charge is 0.452 e. The van der Waals surface area contributed by atoms with Gasteiger partial charge in [0.2, 0.25) is 11.7 Å². The molecule has 0 saturated carbocycles. The number of carbonyl (C=O) groups is 2. The number of aromatic nitrogens is 2. The molecule has 1 saturated heterocycles. The van der Waals surface area contributed by atoms with Gasteiger partial charge in [0.25, 0.3) is 5.91 Å². The van der Waals surface area contributed by atoms with Crippen molar-refractivity contribution >= 4 is 23.5 Å². The first kappa shape index (κ1) is 27.0. The van der Waals surface area contributed by atoms with Crippen LogP contribution in [0.4, 0.5) is 29.5 Å². The van der Waals surface area contributed by atoms with Crippen LogP contribution in [-0.2, 0) is 10.9 Å². The topological polar surface area (TPSA) is 101 Å². The highest BCUT2D eigenvalue weighted by molar-refractivity contribution is 6.04. The Morgan fingerprint density at radius 3 is 2.37 bits per heavy atom. The van der Waals surface area contributed by atoms with Gasteiger partial charge in [0, 0.05) is 31.7 Å². The summed E-state index contributed by atoms with van der Waals surface area (Å²) >= 11 is 0. The SMILES string of the molecule is CC(C)(C)OC(=O)N1CCCN(c2ccc(NC(=O)c3nc(-c4ccccc4)oc3C(F)(F)F)cn2)CC1. The first-order valence-corrected chi connectivity index (χ1v) is 12.0. The molecule has 4 rings (SSSR count). The summed E-state index contributed by atoms with van der Waals surface area (Å²) in [7, 11) is 0. The predicted molar refractivity (Wildman–Crippen MR) is 134 cm³/mol. The quantitative estimate of drug-likeness (QED) is 0.478. The third kappa shape index (κ3) is 6.61. The van der Waals surface area contributed by atoms with Gasteiger partial charge < -0.3 is 24.3 Å². The summed E-state index contributed by atoms with van der Waals surface area (Å²) < 4.78 is 51.1.